The molecule has 0 bridgehead atoms. The predicted octanol–water partition coefficient (Wildman–Crippen LogP) is 4.44. The SMILES string of the molecule is Cc1cc(-c2cc(C(=O)N3CCN(C(=O)OCC(C)C)CC3)c3cnn(C(C)C)c3n2)c(C)o1. The number of furan rings is 1. The molecular formula is C25H33N5O4. The highest BCUT2D eigenvalue weighted by molar-refractivity contribution is 6.06. The number of pyridine rings is 1. The van der Waals surface area contributed by atoms with Gasteiger partial charge in [-0.25, -0.2) is 14.5 Å². The lowest BCUT2D eigenvalue weighted by Crippen LogP contribution is -2.50. The summed E-state index contributed by atoms with van der Waals surface area (Å²) < 4.78 is 12.9. The van der Waals surface area contributed by atoms with Crippen LogP contribution in [0.3, 0.4) is 0 Å². The number of piperazine rings is 1. The maximum atomic E-state index is 13.7. The van der Waals surface area contributed by atoms with Crippen molar-refractivity contribution in [1.82, 2.24) is 24.6 Å². The van der Waals surface area contributed by atoms with Crippen LogP contribution in [0, 0.1) is 19.8 Å². The molecule has 1 fully saturated rings. The standard InChI is InChI=1S/C25H33N5O4/c1-15(2)14-33-25(32)29-9-7-28(8-10-29)24(31)20-12-22(19-11-17(5)34-18(19)6)27-23-21(20)13-26-30(23)16(3)4/h11-13,15-16H,7-10,14H2,1-6H3. The van der Waals surface area contributed by atoms with Crippen LogP contribution in [0.5, 0.6) is 0 Å². The number of amides is 2. The number of rotatable bonds is 5. The molecule has 0 aromatic carbocycles. The fourth-order valence-corrected chi connectivity index (χ4v) is 4.19. The van der Waals surface area contributed by atoms with E-state index in [-0.39, 0.29) is 24.0 Å². The largest absolute Gasteiger partial charge is 0.466 e. The smallest absolute Gasteiger partial charge is 0.409 e. The highest BCUT2D eigenvalue weighted by atomic mass is 16.6. The van der Waals surface area contributed by atoms with Crippen LogP contribution in [0.2, 0.25) is 0 Å². The average molecular weight is 468 g/mol. The topological polar surface area (TPSA) is 93.7 Å². The zero-order valence-electron chi connectivity index (χ0n) is 20.8. The predicted molar refractivity (Wildman–Crippen MR) is 129 cm³/mol. The van der Waals surface area contributed by atoms with Crippen molar-refractivity contribution in [2.45, 2.75) is 47.6 Å². The number of ether oxygens (including phenoxy) is 1. The number of nitrogens with zero attached hydrogens (tertiary/aromatic N) is 5. The van der Waals surface area contributed by atoms with Crippen molar-refractivity contribution in [2.24, 2.45) is 5.92 Å². The maximum absolute atomic E-state index is 13.7. The molecule has 0 radical (unpaired) electrons. The molecule has 0 N–H and O–H groups in total. The van der Waals surface area contributed by atoms with Gasteiger partial charge in [0.15, 0.2) is 5.65 Å². The van der Waals surface area contributed by atoms with Gasteiger partial charge in [0.2, 0.25) is 0 Å². The van der Waals surface area contributed by atoms with Crippen molar-refractivity contribution in [3.05, 3.63) is 35.4 Å². The fraction of sp³-hybridized carbons (Fsp3) is 0.520. The summed E-state index contributed by atoms with van der Waals surface area (Å²) in [5.41, 5.74) is 2.78. The van der Waals surface area contributed by atoms with Gasteiger partial charge < -0.3 is 19.0 Å². The minimum absolute atomic E-state index is 0.0926. The number of hydrogen-bond donors (Lipinski definition) is 0. The summed E-state index contributed by atoms with van der Waals surface area (Å²) in [6.45, 7) is 14.0. The van der Waals surface area contributed by atoms with Crippen LogP contribution in [-0.2, 0) is 4.74 Å². The molecule has 182 valence electrons. The van der Waals surface area contributed by atoms with Gasteiger partial charge in [-0.2, -0.15) is 5.10 Å². The molecule has 4 rings (SSSR count). The Morgan fingerprint density at radius 2 is 1.74 bits per heavy atom. The Kier molecular flexibility index (Phi) is 6.63. The molecule has 3 aromatic rings. The van der Waals surface area contributed by atoms with Crippen molar-refractivity contribution in [2.75, 3.05) is 32.8 Å². The van der Waals surface area contributed by atoms with Gasteiger partial charge >= 0.3 is 6.09 Å². The monoisotopic (exact) mass is 467 g/mol. The molecule has 0 spiro atoms. The molecule has 4 heterocycles. The molecule has 34 heavy (non-hydrogen) atoms. The number of carbonyl (C=O) groups is 2. The summed E-state index contributed by atoms with van der Waals surface area (Å²) in [5, 5.41) is 5.23. The van der Waals surface area contributed by atoms with E-state index in [0.29, 0.717) is 49.7 Å². The van der Waals surface area contributed by atoms with E-state index in [0.717, 1.165) is 22.5 Å². The Morgan fingerprint density at radius 1 is 1.06 bits per heavy atom. The van der Waals surface area contributed by atoms with Crippen molar-refractivity contribution >= 4 is 23.0 Å². The molecule has 0 saturated carbocycles. The molecule has 9 nitrogen and oxygen atoms in total. The minimum Gasteiger partial charge on any atom is -0.466 e. The Morgan fingerprint density at radius 3 is 2.32 bits per heavy atom. The van der Waals surface area contributed by atoms with E-state index in [9.17, 15) is 9.59 Å². The van der Waals surface area contributed by atoms with Crippen LogP contribution in [0.25, 0.3) is 22.3 Å². The first-order valence-corrected chi connectivity index (χ1v) is 11.8. The Balaban J connectivity index is 1.63. The molecule has 9 heteroatoms. The average Bonchev–Trinajstić information content (AvgIpc) is 3.38. The normalized spacial score (nSPS) is 14.5. The first kappa shape index (κ1) is 23.8. The third-order valence-corrected chi connectivity index (χ3v) is 5.97. The van der Waals surface area contributed by atoms with Crippen LogP contribution in [0.4, 0.5) is 4.79 Å². The molecule has 1 aliphatic rings. The second-order valence-corrected chi connectivity index (χ2v) is 9.55. The summed E-state index contributed by atoms with van der Waals surface area (Å²) in [6, 6.07) is 3.86. The van der Waals surface area contributed by atoms with Crippen LogP contribution >= 0.6 is 0 Å². The Bertz CT molecular complexity index is 1200. The minimum atomic E-state index is -0.321. The van der Waals surface area contributed by atoms with Gasteiger partial charge in [0, 0.05) is 37.8 Å². The summed E-state index contributed by atoms with van der Waals surface area (Å²) in [7, 11) is 0. The lowest BCUT2D eigenvalue weighted by atomic mass is 10.1. The molecule has 0 aliphatic carbocycles. The number of carbonyl (C=O) groups excluding carboxylic acids is 2. The van der Waals surface area contributed by atoms with Gasteiger partial charge in [-0.05, 0) is 45.7 Å². The van der Waals surface area contributed by atoms with Crippen LogP contribution in [0.15, 0.2) is 22.7 Å². The Hall–Kier alpha value is -3.36. The zero-order valence-corrected chi connectivity index (χ0v) is 20.8. The van der Waals surface area contributed by atoms with E-state index >= 15 is 0 Å². The van der Waals surface area contributed by atoms with Crippen LogP contribution in [0.1, 0.15) is 55.6 Å². The zero-order chi connectivity index (χ0) is 24.6. The van der Waals surface area contributed by atoms with Crippen molar-refractivity contribution < 1.29 is 18.7 Å². The van der Waals surface area contributed by atoms with Gasteiger partial charge in [-0.15, -0.1) is 0 Å². The third-order valence-electron chi connectivity index (χ3n) is 5.97. The second kappa shape index (κ2) is 9.48. The molecule has 0 atom stereocenters. The first-order chi connectivity index (χ1) is 16.2. The van der Waals surface area contributed by atoms with Gasteiger partial charge in [0.1, 0.15) is 11.5 Å². The number of fused-ring (bicyclic) bond motifs is 1. The summed E-state index contributed by atoms with van der Waals surface area (Å²) >= 11 is 0. The van der Waals surface area contributed by atoms with Crippen LogP contribution in [-0.4, -0.2) is 69.4 Å². The van der Waals surface area contributed by atoms with E-state index in [2.05, 4.69) is 5.10 Å². The maximum Gasteiger partial charge on any atom is 0.409 e. The van der Waals surface area contributed by atoms with Gasteiger partial charge in [-0.3, -0.25) is 4.79 Å². The quantitative estimate of drug-likeness (QED) is 0.551. The van der Waals surface area contributed by atoms with E-state index in [4.69, 9.17) is 14.1 Å². The van der Waals surface area contributed by atoms with E-state index in [1.165, 1.54) is 0 Å². The van der Waals surface area contributed by atoms with E-state index in [1.54, 1.807) is 16.0 Å². The highest BCUT2D eigenvalue weighted by Crippen LogP contribution is 2.30. The van der Waals surface area contributed by atoms with Gasteiger partial charge in [-0.1, -0.05) is 13.8 Å². The molecule has 1 aliphatic heterocycles. The summed E-state index contributed by atoms with van der Waals surface area (Å²) in [5.74, 6) is 1.74. The lowest BCUT2D eigenvalue weighted by Gasteiger charge is -2.34. The molecule has 3 aromatic heterocycles. The summed E-state index contributed by atoms with van der Waals surface area (Å²) in [6.07, 6.45) is 1.39. The molecular weight excluding hydrogens is 434 g/mol. The second-order valence-electron chi connectivity index (χ2n) is 9.55. The van der Waals surface area contributed by atoms with E-state index in [1.807, 2.05) is 58.4 Å². The third kappa shape index (κ3) is 4.64. The first-order valence-electron chi connectivity index (χ1n) is 11.8. The highest BCUT2D eigenvalue weighted by Gasteiger charge is 2.28. The van der Waals surface area contributed by atoms with E-state index < -0.39 is 0 Å². The number of aromatic nitrogens is 3. The lowest BCUT2D eigenvalue weighted by molar-refractivity contribution is 0.0536. The molecule has 1 saturated heterocycles. The van der Waals surface area contributed by atoms with Crippen molar-refractivity contribution in [1.29, 1.82) is 0 Å². The fourth-order valence-electron chi connectivity index (χ4n) is 4.19. The molecule has 0 unspecified atom stereocenters. The Labute approximate surface area is 199 Å². The number of aryl methyl sites for hydroxylation is 2. The van der Waals surface area contributed by atoms with Gasteiger partial charge in [0.25, 0.3) is 5.91 Å². The number of hydrogen-bond acceptors (Lipinski definition) is 6. The molecule has 2 amide bonds. The van der Waals surface area contributed by atoms with Crippen LogP contribution < -0.4 is 0 Å². The summed E-state index contributed by atoms with van der Waals surface area (Å²) in [4.78, 5) is 34.3. The van der Waals surface area contributed by atoms with Crippen molar-refractivity contribution in [3.63, 3.8) is 0 Å². The van der Waals surface area contributed by atoms with Crippen molar-refractivity contribution in [3.8, 4) is 11.3 Å². The van der Waals surface area contributed by atoms with Gasteiger partial charge in [0.05, 0.1) is 29.4 Å².